The first-order chi connectivity index (χ1) is 10.8. The molecule has 124 valence electrons. The molecule has 1 unspecified atom stereocenters. The highest BCUT2D eigenvalue weighted by Gasteiger charge is 2.21. The summed E-state index contributed by atoms with van der Waals surface area (Å²) in [6.07, 6.45) is -0.719. The smallest absolute Gasteiger partial charge is 0.315 e. The lowest BCUT2D eigenvalue weighted by Gasteiger charge is -2.03. The molecule has 2 aromatic rings. The number of nitrogens with one attached hydrogen (secondary N) is 1. The minimum atomic E-state index is -3.62. The van der Waals surface area contributed by atoms with E-state index in [9.17, 15) is 13.2 Å². The van der Waals surface area contributed by atoms with Crippen LogP contribution in [0.4, 0.5) is 0 Å². The topological polar surface area (TPSA) is 122 Å². The molecule has 1 aromatic heterocycles. The predicted molar refractivity (Wildman–Crippen MR) is 80.4 cm³/mol. The quantitative estimate of drug-likeness (QED) is 0.784. The summed E-state index contributed by atoms with van der Waals surface area (Å²) in [5.74, 6) is -1.59. The molecule has 0 radical (unpaired) electrons. The van der Waals surface area contributed by atoms with Crippen LogP contribution in [-0.4, -0.2) is 42.2 Å². The van der Waals surface area contributed by atoms with Crippen molar-refractivity contribution in [1.29, 1.82) is 0 Å². The number of amides is 1. The summed E-state index contributed by atoms with van der Waals surface area (Å²) in [7, 11) is -3.62. The molecule has 0 saturated carbocycles. The Morgan fingerprint density at radius 3 is 2.61 bits per heavy atom. The number of nitrogens with zero attached hydrogens (tertiary/aromatic N) is 2. The van der Waals surface area contributed by atoms with Gasteiger partial charge in [-0.3, -0.25) is 4.79 Å². The predicted octanol–water partition coefficient (Wildman–Crippen LogP) is 0.463. The highest BCUT2D eigenvalue weighted by atomic mass is 32.2. The number of aromatic nitrogens is 2. The zero-order chi connectivity index (χ0) is 17.0. The first-order valence-corrected chi connectivity index (χ1v) is 8.51. The molecular formula is C14H17N3O5S. The Morgan fingerprint density at radius 1 is 1.35 bits per heavy atom. The average Bonchev–Trinajstić information content (AvgIpc) is 2.93. The number of hydrogen-bond acceptors (Lipinski definition) is 7. The fraction of sp³-hybridized carbons (Fsp3) is 0.357. The van der Waals surface area contributed by atoms with Gasteiger partial charge in [-0.25, -0.2) is 8.42 Å². The van der Waals surface area contributed by atoms with Gasteiger partial charge < -0.3 is 14.9 Å². The van der Waals surface area contributed by atoms with E-state index in [1.165, 1.54) is 19.1 Å². The normalized spacial score (nSPS) is 12.8. The molecule has 1 aromatic carbocycles. The van der Waals surface area contributed by atoms with Gasteiger partial charge in [-0.05, 0) is 26.0 Å². The number of benzene rings is 1. The van der Waals surface area contributed by atoms with E-state index < -0.39 is 27.6 Å². The lowest BCUT2D eigenvalue weighted by molar-refractivity contribution is 0.0880. The minimum absolute atomic E-state index is 0.0260. The molecule has 0 bridgehead atoms. The Morgan fingerprint density at radius 2 is 2.00 bits per heavy atom. The number of aliphatic hydroxyl groups excluding tert-OH is 1. The molecular weight excluding hydrogens is 322 g/mol. The van der Waals surface area contributed by atoms with E-state index in [-0.39, 0.29) is 23.2 Å². The lowest BCUT2D eigenvalue weighted by atomic mass is 10.2. The van der Waals surface area contributed by atoms with Crippen molar-refractivity contribution >= 4 is 15.7 Å². The monoisotopic (exact) mass is 339 g/mol. The number of carbonyl (C=O) groups is 1. The maximum atomic E-state index is 12.3. The minimum Gasteiger partial charge on any atom is -0.392 e. The van der Waals surface area contributed by atoms with Crippen molar-refractivity contribution in [2.75, 3.05) is 6.54 Å². The van der Waals surface area contributed by atoms with E-state index in [2.05, 4.69) is 15.5 Å². The fourth-order valence-electron chi connectivity index (χ4n) is 1.72. The molecule has 8 nitrogen and oxygen atoms in total. The van der Waals surface area contributed by atoms with Crippen LogP contribution in [-0.2, 0) is 15.6 Å². The Bertz CT molecular complexity index is 781. The van der Waals surface area contributed by atoms with Crippen LogP contribution in [0.15, 0.2) is 33.7 Å². The van der Waals surface area contributed by atoms with Crippen LogP contribution in [0.2, 0.25) is 0 Å². The zero-order valence-corrected chi connectivity index (χ0v) is 13.5. The SMILES string of the molecule is Cc1ccc(S(=O)(=O)Cc2noc(C(=O)NCC(C)O)n2)cc1. The van der Waals surface area contributed by atoms with E-state index in [1.54, 1.807) is 12.1 Å². The summed E-state index contributed by atoms with van der Waals surface area (Å²) in [5, 5.41) is 15.0. The van der Waals surface area contributed by atoms with Gasteiger partial charge in [0, 0.05) is 6.54 Å². The summed E-state index contributed by atoms with van der Waals surface area (Å²) in [4.78, 5) is 15.6. The summed E-state index contributed by atoms with van der Waals surface area (Å²) < 4.78 is 29.2. The molecule has 2 N–H and O–H groups in total. The Labute approximate surface area is 133 Å². The Balaban J connectivity index is 2.09. The second-order valence-electron chi connectivity index (χ2n) is 5.15. The van der Waals surface area contributed by atoms with Crippen LogP contribution in [0.1, 0.15) is 29.0 Å². The molecule has 0 saturated heterocycles. The van der Waals surface area contributed by atoms with E-state index in [0.29, 0.717) is 0 Å². The van der Waals surface area contributed by atoms with Gasteiger partial charge in [0.25, 0.3) is 0 Å². The van der Waals surface area contributed by atoms with Gasteiger partial charge in [0.2, 0.25) is 0 Å². The van der Waals surface area contributed by atoms with Crippen molar-refractivity contribution in [3.8, 4) is 0 Å². The van der Waals surface area contributed by atoms with Crippen molar-refractivity contribution in [1.82, 2.24) is 15.5 Å². The third-order valence-corrected chi connectivity index (χ3v) is 4.55. The summed E-state index contributed by atoms with van der Waals surface area (Å²) in [6.45, 7) is 3.39. The molecule has 0 aliphatic rings. The Kier molecular flexibility index (Phi) is 5.12. The number of sulfone groups is 1. The molecule has 0 fully saturated rings. The second-order valence-corrected chi connectivity index (χ2v) is 7.14. The van der Waals surface area contributed by atoms with Crippen molar-refractivity contribution in [3.05, 3.63) is 41.5 Å². The number of carbonyl (C=O) groups excluding carboxylic acids is 1. The zero-order valence-electron chi connectivity index (χ0n) is 12.7. The van der Waals surface area contributed by atoms with Crippen molar-refractivity contribution < 1.29 is 22.8 Å². The first-order valence-electron chi connectivity index (χ1n) is 6.86. The number of aliphatic hydroxyl groups is 1. The Hall–Kier alpha value is -2.26. The van der Waals surface area contributed by atoms with Gasteiger partial charge in [-0.1, -0.05) is 22.9 Å². The van der Waals surface area contributed by atoms with Crippen LogP contribution in [0.5, 0.6) is 0 Å². The van der Waals surface area contributed by atoms with Crippen LogP contribution in [0, 0.1) is 6.92 Å². The van der Waals surface area contributed by atoms with Crippen molar-refractivity contribution in [2.45, 2.75) is 30.6 Å². The number of aryl methyl sites for hydroxylation is 1. The van der Waals surface area contributed by atoms with Gasteiger partial charge in [0.1, 0.15) is 5.75 Å². The molecule has 1 heterocycles. The van der Waals surface area contributed by atoms with Crippen LogP contribution >= 0.6 is 0 Å². The lowest BCUT2D eigenvalue weighted by Crippen LogP contribution is -2.30. The summed E-state index contributed by atoms with van der Waals surface area (Å²) >= 11 is 0. The van der Waals surface area contributed by atoms with Gasteiger partial charge in [0.05, 0.1) is 11.0 Å². The second kappa shape index (κ2) is 6.88. The molecule has 0 aliphatic carbocycles. The summed E-state index contributed by atoms with van der Waals surface area (Å²) in [6, 6.07) is 6.39. The van der Waals surface area contributed by atoms with E-state index in [4.69, 9.17) is 9.63 Å². The maximum absolute atomic E-state index is 12.3. The van der Waals surface area contributed by atoms with Gasteiger partial charge in [-0.15, -0.1) is 0 Å². The molecule has 23 heavy (non-hydrogen) atoms. The van der Waals surface area contributed by atoms with Gasteiger partial charge in [-0.2, -0.15) is 4.98 Å². The third-order valence-electron chi connectivity index (χ3n) is 2.92. The van der Waals surface area contributed by atoms with E-state index in [1.807, 2.05) is 6.92 Å². The van der Waals surface area contributed by atoms with Crippen LogP contribution < -0.4 is 5.32 Å². The average molecular weight is 339 g/mol. The van der Waals surface area contributed by atoms with Crippen molar-refractivity contribution in [3.63, 3.8) is 0 Å². The number of hydrogen-bond donors (Lipinski definition) is 2. The molecule has 0 spiro atoms. The van der Waals surface area contributed by atoms with Gasteiger partial charge in [0.15, 0.2) is 15.7 Å². The van der Waals surface area contributed by atoms with E-state index in [0.717, 1.165) is 5.56 Å². The van der Waals surface area contributed by atoms with Gasteiger partial charge >= 0.3 is 11.8 Å². The fourth-order valence-corrected chi connectivity index (χ4v) is 2.89. The molecule has 1 amide bonds. The molecule has 1 atom stereocenters. The molecule has 9 heteroatoms. The number of rotatable bonds is 6. The third kappa shape index (κ3) is 4.60. The maximum Gasteiger partial charge on any atom is 0.315 e. The first kappa shape index (κ1) is 17.1. The standard InChI is InChI=1S/C14H17N3O5S/c1-9-3-5-11(6-4-9)23(20,21)8-12-16-14(22-17-12)13(19)15-7-10(2)18/h3-6,10,18H,7-8H2,1-2H3,(H,15,19). The van der Waals surface area contributed by atoms with Crippen LogP contribution in [0.3, 0.4) is 0 Å². The molecule has 0 aliphatic heterocycles. The largest absolute Gasteiger partial charge is 0.392 e. The molecule has 2 rings (SSSR count). The summed E-state index contributed by atoms with van der Waals surface area (Å²) in [5.41, 5.74) is 0.945. The highest BCUT2D eigenvalue weighted by Crippen LogP contribution is 2.15. The highest BCUT2D eigenvalue weighted by molar-refractivity contribution is 7.90. The van der Waals surface area contributed by atoms with Crippen molar-refractivity contribution in [2.24, 2.45) is 0 Å². The van der Waals surface area contributed by atoms with E-state index >= 15 is 0 Å². The van der Waals surface area contributed by atoms with Crippen LogP contribution in [0.25, 0.3) is 0 Å².